The first-order valence-corrected chi connectivity index (χ1v) is 9.37. The van der Waals surface area contributed by atoms with Gasteiger partial charge in [0.1, 0.15) is 24.5 Å². The number of methoxy groups -OCH3 is 1. The van der Waals surface area contributed by atoms with E-state index in [2.05, 4.69) is 0 Å². The maximum Gasteiger partial charge on any atom is 0.242 e. The van der Waals surface area contributed by atoms with Gasteiger partial charge in [0, 0.05) is 11.9 Å². The lowest BCUT2D eigenvalue weighted by molar-refractivity contribution is -0.136. The molecule has 7 heteroatoms. The topological polar surface area (TPSA) is 67.9 Å². The summed E-state index contributed by atoms with van der Waals surface area (Å²) < 4.78 is 5.36. The van der Waals surface area contributed by atoms with Crippen molar-refractivity contribution < 1.29 is 9.53 Å². The number of nitrogens with zero attached hydrogens (tertiary/aromatic N) is 2. The van der Waals surface area contributed by atoms with Gasteiger partial charge in [-0.1, -0.05) is 17.6 Å². The van der Waals surface area contributed by atoms with Crippen molar-refractivity contribution in [3.63, 3.8) is 0 Å². The number of hydrogen-bond donors (Lipinski definition) is 1. The molecule has 1 spiro atoms. The maximum absolute atomic E-state index is 13.6. The summed E-state index contributed by atoms with van der Waals surface area (Å²) in [5.41, 5.74) is 7.31. The number of aryl methyl sites for hydroxylation is 1. The molecule has 2 heterocycles. The number of carbonyl (C=O) groups is 1. The molecular formula is C19H20BN3O2S. The fourth-order valence-corrected chi connectivity index (χ4v) is 5.36. The van der Waals surface area contributed by atoms with Gasteiger partial charge in [0.15, 0.2) is 5.96 Å². The number of carbonyl (C=O) groups excluding carboxylic acids is 1. The number of fused-ring (bicyclic) bond motifs is 2. The van der Waals surface area contributed by atoms with Crippen molar-refractivity contribution in [1.29, 1.82) is 0 Å². The van der Waals surface area contributed by atoms with Crippen molar-refractivity contribution >= 4 is 36.5 Å². The third kappa shape index (κ3) is 2.03. The van der Waals surface area contributed by atoms with E-state index in [1.807, 2.05) is 36.6 Å². The van der Waals surface area contributed by atoms with E-state index in [0.717, 1.165) is 28.2 Å². The number of benzene rings is 1. The Morgan fingerprint density at radius 2 is 2.15 bits per heavy atom. The molecule has 0 fully saturated rings. The van der Waals surface area contributed by atoms with Gasteiger partial charge in [0.05, 0.1) is 7.11 Å². The second-order valence-corrected chi connectivity index (χ2v) is 7.99. The predicted molar refractivity (Wildman–Crippen MR) is 104 cm³/mol. The molecule has 132 valence electrons. The molecule has 5 nitrogen and oxygen atoms in total. The summed E-state index contributed by atoms with van der Waals surface area (Å²) in [6.45, 7) is 2.00. The minimum Gasteiger partial charge on any atom is -0.497 e. The van der Waals surface area contributed by atoms with Crippen molar-refractivity contribution in [2.45, 2.75) is 30.7 Å². The first-order chi connectivity index (χ1) is 12.3. The minimum atomic E-state index is -0.803. The third-order valence-electron chi connectivity index (χ3n) is 5.82. The summed E-state index contributed by atoms with van der Waals surface area (Å²) >= 11 is 1.52. The Labute approximate surface area is 158 Å². The summed E-state index contributed by atoms with van der Waals surface area (Å²) in [4.78, 5) is 20.8. The Bertz CT molecular complexity index is 941. The number of ether oxygens (including phenoxy) is 1. The lowest BCUT2D eigenvalue weighted by atomic mass is 9.64. The van der Waals surface area contributed by atoms with Gasteiger partial charge in [-0.25, -0.2) is 4.99 Å². The Hall–Kier alpha value is -2.28. The third-order valence-corrected chi connectivity index (χ3v) is 6.98. The van der Waals surface area contributed by atoms with Gasteiger partial charge in [-0.3, -0.25) is 9.69 Å². The standard InChI is InChI=1S/C19H20BN3O2S/c1-18(15-9-12(20)10-26-15)19(16(24)23(2)17(21)22-18)7-6-11-8-13(25-3)4-5-14(11)19/h4-5,8-10H,6-7H2,1-3H3,(H2,21,22)/t18-,19+/m1/s1. The smallest absolute Gasteiger partial charge is 0.242 e. The highest BCUT2D eigenvalue weighted by Crippen LogP contribution is 2.56. The molecule has 1 amide bonds. The van der Waals surface area contributed by atoms with Crippen LogP contribution in [0.5, 0.6) is 5.75 Å². The van der Waals surface area contributed by atoms with Crippen LogP contribution in [-0.4, -0.2) is 38.8 Å². The van der Waals surface area contributed by atoms with E-state index in [1.165, 1.54) is 16.2 Å². The largest absolute Gasteiger partial charge is 0.497 e. The van der Waals surface area contributed by atoms with Gasteiger partial charge >= 0.3 is 0 Å². The van der Waals surface area contributed by atoms with Crippen molar-refractivity contribution in [1.82, 2.24) is 4.90 Å². The van der Waals surface area contributed by atoms with Crippen LogP contribution in [0, 0.1) is 0 Å². The quantitative estimate of drug-likeness (QED) is 0.819. The Morgan fingerprint density at radius 3 is 2.81 bits per heavy atom. The summed E-state index contributed by atoms with van der Waals surface area (Å²) in [5, 5.41) is 1.88. The maximum atomic E-state index is 13.6. The van der Waals surface area contributed by atoms with E-state index in [9.17, 15) is 4.79 Å². The summed E-state index contributed by atoms with van der Waals surface area (Å²) in [7, 11) is 9.31. The van der Waals surface area contributed by atoms with Crippen LogP contribution >= 0.6 is 11.3 Å². The van der Waals surface area contributed by atoms with Crippen LogP contribution in [0.1, 0.15) is 29.3 Å². The van der Waals surface area contributed by atoms with E-state index in [-0.39, 0.29) is 11.9 Å². The van der Waals surface area contributed by atoms with E-state index in [4.69, 9.17) is 23.3 Å². The molecule has 1 aliphatic carbocycles. The van der Waals surface area contributed by atoms with E-state index in [1.54, 1.807) is 14.2 Å². The zero-order chi connectivity index (χ0) is 18.7. The van der Waals surface area contributed by atoms with Crippen molar-refractivity contribution in [2.24, 2.45) is 10.7 Å². The predicted octanol–water partition coefficient (Wildman–Crippen LogP) is 1.44. The van der Waals surface area contributed by atoms with E-state index < -0.39 is 11.0 Å². The molecule has 0 saturated heterocycles. The van der Waals surface area contributed by atoms with Gasteiger partial charge in [-0.05, 0) is 48.4 Å². The number of amides is 1. The Balaban J connectivity index is 2.01. The average Bonchev–Trinajstić information content (AvgIpc) is 3.23. The fraction of sp³-hybridized carbons (Fsp3) is 0.368. The number of hydrogen-bond acceptors (Lipinski definition) is 5. The number of aliphatic imine (C=N–C) groups is 1. The molecular weight excluding hydrogens is 345 g/mol. The van der Waals surface area contributed by atoms with Crippen molar-refractivity contribution in [3.05, 3.63) is 45.6 Å². The van der Waals surface area contributed by atoms with E-state index >= 15 is 0 Å². The Kier molecular flexibility index (Phi) is 3.70. The van der Waals surface area contributed by atoms with Gasteiger partial charge in [0.25, 0.3) is 0 Å². The summed E-state index contributed by atoms with van der Waals surface area (Å²) in [6, 6.07) is 7.83. The zero-order valence-corrected chi connectivity index (χ0v) is 15.9. The summed E-state index contributed by atoms with van der Waals surface area (Å²) in [6.07, 6.45) is 1.46. The molecule has 1 aliphatic heterocycles. The van der Waals surface area contributed by atoms with Gasteiger partial charge in [-0.2, -0.15) is 0 Å². The number of thiophene rings is 1. The normalized spacial score (nSPS) is 27.6. The lowest BCUT2D eigenvalue weighted by Crippen LogP contribution is -2.62. The van der Waals surface area contributed by atoms with Crippen LogP contribution in [-0.2, 0) is 22.2 Å². The van der Waals surface area contributed by atoms with Crippen molar-refractivity contribution in [2.75, 3.05) is 14.2 Å². The molecule has 26 heavy (non-hydrogen) atoms. The molecule has 2 aromatic rings. The molecule has 2 N–H and O–H groups in total. The molecule has 0 unspecified atom stereocenters. The van der Waals surface area contributed by atoms with Crippen LogP contribution in [0.3, 0.4) is 0 Å². The second kappa shape index (κ2) is 5.61. The SMILES string of the molecule is [B]c1csc([C@@]2(C)N=C(N)N(C)C(=O)[C@@]23CCc2cc(OC)ccc23)c1. The highest BCUT2D eigenvalue weighted by molar-refractivity contribution is 7.11. The highest BCUT2D eigenvalue weighted by Gasteiger charge is 2.62. The van der Waals surface area contributed by atoms with Crippen LogP contribution in [0.25, 0.3) is 0 Å². The van der Waals surface area contributed by atoms with Crippen LogP contribution in [0.2, 0.25) is 0 Å². The summed E-state index contributed by atoms with van der Waals surface area (Å²) in [5.74, 6) is 1.00. The first kappa shape index (κ1) is 17.2. The van der Waals surface area contributed by atoms with Crippen LogP contribution in [0.4, 0.5) is 0 Å². The minimum absolute atomic E-state index is 0.0246. The molecule has 1 aromatic heterocycles. The molecule has 4 rings (SSSR count). The lowest BCUT2D eigenvalue weighted by Gasteiger charge is -2.48. The molecule has 0 bridgehead atoms. The van der Waals surface area contributed by atoms with Gasteiger partial charge < -0.3 is 10.5 Å². The highest BCUT2D eigenvalue weighted by atomic mass is 32.1. The molecule has 2 atom stereocenters. The number of rotatable bonds is 2. The van der Waals surface area contributed by atoms with Crippen LogP contribution < -0.4 is 15.9 Å². The fourth-order valence-electron chi connectivity index (χ4n) is 4.37. The van der Waals surface area contributed by atoms with Crippen molar-refractivity contribution in [3.8, 4) is 5.75 Å². The molecule has 2 radical (unpaired) electrons. The number of guanidine groups is 1. The monoisotopic (exact) mass is 365 g/mol. The first-order valence-electron chi connectivity index (χ1n) is 8.49. The molecule has 2 aliphatic rings. The number of likely N-dealkylation sites (N-methyl/N-ethyl adjacent to an activating group) is 1. The van der Waals surface area contributed by atoms with Gasteiger partial charge in [0.2, 0.25) is 5.91 Å². The second-order valence-electron chi connectivity index (χ2n) is 7.08. The molecule has 1 aromatic carbocycles. The average molecular weight is 365 g/mol. The molecule has 0 saturated carbocycles. The van der Waals surface area contributed by atoms with Crippen LogP contribution in [0.15, 0.2) is 34.6 Å². The van der Waals surface area contributed by atoms with E-state index in [0.29, 0.717) is 11.9 Å². The number of nitrogens with two attached hydrogens (primary N) is 1. The zero-order valence-electron chi connectivity index (χ0n) is 15.1. The van der Waals surface area contributed by atoms with Gasteiger partial charge in [-0.15, -0.1) is 11.3 Å². The Morgan fingerprint density at radius 1 is 1.38 bits per heavy atom.